The summed E-state index contributed by atoms with van der Waals surface area (Å²) in [6.45, 7) is 36.1. The molecule has 12 aromatic rings. The van der Waals surface area contributed by atoms with Crippen molar-refractivity contribution in [3.05, 3.63) is 188 Å². The van der Waals surface area contributed by atoms with Gasteiger partial charge in [0.1, 0.15) is 67.4 Å². The number of anilines is 4. The molecule has 0 aliphatic carbocycles. The standard InChI is InChI=1S/C24H28N2O6.C20H19BrN2O6.C19H20N2O4.C17H16N2O4.C4H9.BrH.Zn/c1-7-30-22(28)17-12-16-19(27)15-11-14(10-13(2)3)8-9-18(15)31-21(16)25-20(17)26-23(29)32-24(4,5)6;1-5-27-18(25)13-9-12-15(24)11-8-10(21)6-7-14(11)28-17(12)22-16(13)23-19(26)29-20(2,3)4;1-4-24-19(23)14-9-13-16(22)12-8-11(7-10(2)3)5-6-15(12)25-18(13)21-17(14)20;1-8(2)5-9-3-4-13-10(6-9)14(20)11-7-12(17(21)22)15(18)19-16(11)23-13;1-4(2)3;;/h8-9,11-13H,7,10H2,1-6H3,(H,25,26,29);6-9H,5H2,1-4H3,(H,22,23,26);5-6,8-10H,4,7H2,1-3H3,(H2,20,21);3-4,6-8H,5H2,1-2H3,(H2,18,19)(H,21,22);4H,1H2,2-3H3;1H;/q;;;;-1;;+2/p-1. The molecule has 0 aliphatic heterocycles. The molecule has 0 aliphatic rings. The number of pyridine rings is 4. The molecule has 8 aromatic heterocycles. The number of hydrogen-bond donors (Lipinski definition) is 5. The number of aromatic nitrogens is 4. The fourth-order valence-electron chi connectivity index (χ4n) is 11.3. The molecule has 2 amide bonds. The third-order valence-electron chi connectivity index (χ3n) is 15.8. The molecule has 28 nitrogen and oxygen atoms in total. The molecule has 12 rings (SSSR count). The number of fused-ring (bicyclic) bond motifs is 8. The summed E-state index contributed by atoms with van der Waals surface area (Å²) in [6.07, 6.45) is 0.923. The van der Waals surface area contributed by atoms with Gasteiger partial charge in [-0.2, -0.15) is 25.9 Å². The summed E-state index contributed by atoms with van der Waals surface area (Å²) >= 11 is 7.57. The maximum atomic E-state index is 13.2. The van der Waals surface area contributed by atoms with Crippen LogP contribution in [0.15, 0.2) is 138 Å². The molecule has 0 atom stereocenters. The number of aromatic carboxylic acids is 1. The van der Waals surface area contributed by atoms with E-state index < -0.39 is 47.3 Å². The topological polar surface area (TPSA) is 417 Å². The molecule has 0 saturated heterocycles. The van der Waals surface area contributed by atoms with Gasteiger partial charge in [-0.3, -0.25) is 29.8 Å². The maximum absolute atomic E-state index is 13.2. The number of nitrogens with one attached hydrogen (secondary N) is 2. The number of carbonyl (C=O) groups excluding carboxylic acids is 5. The van der Waals surface area contributed by atoms with Crippen molar-refractivity contribution in [3.63, 3.8) is 0 Å². The van der Waals surface area contributed by atoms with Crippen LogP contribution in [0.2, 0.25) is 0 Å². The molecule has 7 N–H and O–H groups in total. The fourth-order valence-corrected chi connectivity index (χ4v) is 11.7. The SMILES string of the molecule is CC(C)Cc1ccc2oc3nc(N)c(C(=O)O)cc3c(=O)c2c1.CCOC(=O)c1cc2c(=O)c3cc(Br)ccc3oc2nc1NC(=O)OC(C)(C)C.CCOC(=O)c1cc2c(=O)c3cc(CC(C)C)ccc3oc2nc1N.CCOC(=O)c1cc2c(=O)c3cc(CC(C)C)ccc3oc2nc1NC(=O)OC(C)(C)C.[CH2-]C(C)C.[Zn+][Br]. The zero-order chi connectivity index (χ0) is 85.4. The first-order valence-corrected chi connectivity index (χ1v) is 44.5. The van der Waals surface area contributed by atoms with Gasteiger partial charge in [0.15, 0.2) is 11.6 Å². The van der Waals surface area contributed by atoms with E-state index in [0.29, 0.717) is 72.0 Å². The van der Waals surface area contributed by atoms with E-state index in [4.69, 9.17) is 57.9 Å². The molecule has 604 valence electrons. The van der Waals surface area contributed by atoms with Crippen LogP contribution in [0.1, 0.15) is 176 Å². The summed E-state index contributed by atoms with van der Waals surface area (Å²) in [5, 5.41) is 16.2. The van der Waals surface area contributed by atoms with E-state index in [1.807, 2.05) is 24.3 Å². The predicted octanol–water partition coefficient (Wildman–Crippen LogP) is 18.1. The van der Waals surface area contributed by atoms with E-state index in [1.165, 1.54) is 40.6 Å². The summed E-state index contributed by atoms with van der Waals surface area (Å²) in [5.41, 5.74) is 13.2. The Kier molecular flexibility index (Phi) is 31.6. The van der Waals surface area contributed by atoms with Crippen LogP contribution in [0.4, 0.5) is 32.9 Å². The Labute approximate surface area is 686 Å². The van der Waals surface area contributed by atoms with Crippen molar-refractivity contribution in [3.8, 4) is 0 Å². The number of carboxylic acids is 1. The Morgan fingerprint density at radius 2 is 0.713 bits per heavy atom. The number of nitrogens with two attached hydrogens (primary N) is 2. The van der Waals surface area contributed by atoms with E-state index in [-0.39, 0.29) is 131 Å². The van der Waals surface area contributed by atoms with Gasteiger partial charge in [-0.15, -0.1) is 0 Å². The van der Waals surface area contributed by atoms with Crippen LogP contribution in [0.5, 0.6) is 0 Å². The van der Waals surface area contributed by atoms with E-state index in [2.05, 4.69) is 122 Å². The monoisotopic (exact) mass is 1750 g/mol. The minimum atomic E-state index is -1.23. The van der Waals surface area contributed by atoms with E-state index in [1.54, 1.807) is 111 Å². The average Bonchev–Trinajstić information content (AvgIpc) is 0.780. The molecule has 0 fully saturated rings. The van der Waals surface area contributed by atoms with E-state index in [0.717, 1.165) is 36.0 Å². The Hall–Kier alpha value is -11.0. The first kappa shape index (κ1) is 91.1. The Balaban J connectivity index is 0.000000208. The first-order chi connectivity index (χ1) is 54.1. The predicted molar refractivity (Wildman–Crippen MR) is 447 cm³/mol. The Morgan fingerprint density at radius 3 is 1.01 bits per heavy atom. The van der Waals surface area contributed by atoms with Crippen LogP contribution in [-0.4, -0.2) is 92.1 Å². The van der Waals surface area contributed by atoms with Gasteiger partial charge in [0.25, 0.3) is 0 Å². The summed E-state index contributed by atoms with van der Waals surface area (Å²) < 4.78 is 49.2. The van der Waals surface area contributed by atoms with Gasteiger partial charge in [0.05, 0.1) is 62.9 Å². The third kappa shape index (κ3) is 24.3. The number of halogens is 2. The molecule has 0 unspecified atom stereocenters. The fraction of sp³-hybridized carbons (Fsp3) is 0.345. The number of rotatable bonds is 15. The molecular formula is C84H92Br2N8O20Zn. The number of ether oxygens (including phenoxy) is 5. The summed E-state index contributed by atoms with van der Waals surface area (Å²) in [6, 6.07) is 26.7. The Morgan fingerprint density at radius 1 is 0.443 bits per heavy atom. The van der Waals surface area contributed by atoms with Gasteiger partial charge in [-0.1, -0.05) is 89.5 Å². The molecule has 115 heavy (non-hydrogen) atoms. The summed E-state index contributed by atoms with van der Waals surface area (Å²) in [7, 11) is 0. The average molecular weight is 1760 g/mol. The Bertz CT molecular complexity index is 5920. The van der Waals surface area contributed by atoms with Crippen LogP contribution in [-0.2, 0) is 59.3 Å². The number of hydrogen-bond acceptors (Lipinski definition) is 25. The summed E-state index contributed by atoms with van der Waals surface area (Å²) in [5.74, 6) is -1.78. The molecule has 0 saturated carbocycles. The quantitative estimate of drug-likeness (QED) is 0.0209. The third-order valence-corrected chi connectivity index (χ3v) is 16.2. The van der Waals surface area contributed by atoms with Gasteiger partial charge < -0.3 is 64.9 Å². The second-order valence-corrected chi connectivity index (χ2v) is 30.7. The number of carbonyl (C=O) groups is 6. The number of benzene rings is 4. The van der Waals surface area contributed by atoms with Crippen molar-refractivity contribution in [1.29, 1.82) is 0 Å². The van der Waals surface area contributed by atoms with Crippen molar-refractivity contribution >= 4 is 177 Å². The van der Waals surface area contributed by atoms with Crippen LogP contribution in [0.3, 0.4) is 0 Å². The van der Waals surface area contributed by atoms with Crippen molar-refractivity contribution in [2.75, 3.05) is 41.9 Å². The molecule has 31 heteroatoms. The van der Waals surface area contributed by atoms with Crippen molar-refractivity contribution < 1.29 is 91.6 Å². The van der Waals surface area contributed by atoms with Crippen LogP contribution >= 0.6 is 29.6 Å². The van der Waals surface area contributed by atoms with E-state index in [9.17, 15) is 47.9 Å². The van der Waals surface area contributed by atoms with Crippen molar-refractivity contribution in [2.24, 2.45) is 23.7 Å². The zero-order valence-corrected chi connectivity index (χ0v) is 73.2. The number of esters is 3. The molecule has 0 bridgehead atoms. The number of nitrogen functional groups attached to an aromatic ring is 2. The molecule has 8 heterocycles. The first-order valence-electron chi connectivity index (χ1n) is 36.7. The van der Waals surface area contributed by atoms with Gasteiger partial charge in [0.2, 0.25) is 44.6 Å². The van der Waals surface area contributed by atoms with Gasteiger partial charge in [-0.25, -0.2) is 28.8 Å². The molecule has 0 radical (unpaired) electrons. The normalized spacial score (nSPS) is 11.3. The molecule has 0 spiro atoms. The number of amides is 2. The minimum absolute atomic E-state index is 0.00165. The van der Waals surface area contributed by atoms with Crippen LogP contribution < -0.4 is 43.8 Å². The van der Waals surface area contributed by atoms with Crippen LogP contribution in [0.25, 0.3) is 88.3 Å². The molecule has 4 aromatic carbocycles. The van der Waals surface area contributed by atoms with Crippen LogP contribution in [0, 0.1) is 30.6 Å². The summed E-state index contributed by atoms with van der Waals surface area (Å²) in [4.78, 5) is 141. The zero-order valence-electron chi connectivity index (χ0n) is 67.1. The van der Waals surface area contributed by atoms with Gasteiger partial charge in [-0.05, 0) is 195 Å². The van der Waals surface area contributed by atoms with Crippen molar-refractivity contribution in [2.45, 2.75) is 148 Å². The number of carboxylic acid groups (broad SMARTS) is 1. The number of nitrogens with zero attached hydrogens (tertiary/aromatic N) is 4. The second kappa shape index (κ2) is 39.8. The van der Waals surface area contributed by atoms with E-state index >= 15 is 0 Å². The second-order valence-electron chi connectivity index (χ2n) is 29.8. The molecular weight excluding hydrogens is 1670 g/mol. The van der Waals surface area contributed by atoms with Crippen molar-refractivity contribution in [1.82, 2.24) is 19.9 Å². The van der Waals surface area contributed by atoms with Gasteiger partial charge >= 0.3 is 66.0 Å². The van der Waals surface area contributed by atoms with Gasteiger partial charge in [0, 0.05) is 4.47 Å².